The number of hydrogen-bond acceptors (Lipinski definition) is 2. The van der Waals surface area contributed by atoms with Crippen LogP contribution in [0.4, 0.5) is 0 Å². The maximum absolute atomic E-state index is 4.51. The number of fused-ring (bicyclic) bond motifs is 1. The van der Waals surface area contributed by atoms with Crippen LogP contribution in [0.25, 0.3) is 10.2 Å². The third-order valence-electron chi connectivity index (χ3n) is 1.74. The molecule has 2 aromatic rings. The Kier molecular flexibility index (Phi) is 1.85. The number of hydrogen-bond donors (Lipinski definition) is 0. The maximum atomic E-state index is 4.51. The van der Waals surface area contributed by atoms with Gasteiger partial charge in [-0.05, 0) is 18.2 Å². The molecule has 12 heavy (non-hydrogen) atoms. The van der Waals surface area contributed by atoms with E-state index in [1.165, 1.54) is 9.71 Å². The fourth-order valence-corrected chi connectivity index (χ4v) is 2.03. The highest BCUT2D eigenvalue weighted by molar-refractivity contribution is 7.18. The maximum Gasteiger partial charge on any atom is 0.0963 e. The molecule has 0 spiro atoms. The highest BCUT2D eigenvalue weighted by Crippen LogP contribution is 2.26. The molecular weight excluding hydrogens is 166 g/mol. The molecule has 2 rings (SSSR count). The summed E-state index contributed by atoms with van der Waals surface area (Å²) in [6, 6.07) is 8.98. The van der Waals surface area contributed by atoms with Gasteiger partial charge in [0.25, 0.3) is 0 Å². The Hall–Kier alpha value is -0.890. The van der Waals surface area contributed by atoms with Crippen molar-refractivity contribution >= 4 is 21.6 Å². The van der Waals surface area contributed by atoms with Crippen LogP contribution in [0.3, 0.4) is 0 Å². The first-order valence-electron chi connectivity index (χ1n) is 4.04. The van der Waals surface area contributed by atoms with E-state index in [1.54, 1.807) is 11.3 Å². The van der Waals surface area contributed by atoms with E-state index < -0.39 is 0 Å². The van der Waals surface area contributed by atoms with Gasteiger partial charge in [-0.3, -0.25) is 0 Å². The van der Waals surface area contributed by atoms with Gasteiger partial charge in [0.05, 0.1) is 15.2 Å². The standard InChI is InChI=1S/C10H10NS/c1-7(2)10-11-8-5-3-4-6-9(8)12-10/h3,5-7H,1-2H3. The van der Waals surface area contributed by atoms with Gasteiger partial charge in [-0.15, -0.1) is 11.3 Å². The van der Waals surface area contributed by atoms with E-state index in [1.807, 2.05) is 18.2 Å². The zero-order valence-corrected chi connectivity index (χ0v) is 7.98. The first-order chi connectivity index (χ1) is 5.77. The molecule has 0 atom stereocenters. The number of rotatable bonds is 1. The summed E-state index contributed by atoms with van der Waals surface area (Å²) in [6.07, 6.45) is 0. The van der Waals surface area contributed by atoms with Gasteiger partial charge in [0.15, 0.2) is 0 Å². The number of benzene rings is 1. The van der Waals surface area contributed by atoms with Crippen LogP contribution >= 0.6 is 11.3 Å². The Labute approximate surface area is 76.1 Å². The van der Waals surface area contributed by atoms with Crippen molar-refractivity contribution in [2.45, 2.75) is 19.8 Å². The average molecular weight is 176 g/mol. The first kappa shape index (κ1) is 7.74. The highest BCUT2D eigenvalue weighted by atomic mass is 32.1. The average Bonchev–Trinajstić information content (AvgIpc) is 2.46. The molecule has 1 nitrogen and oxygen atoms in total. The predicted molar refractivity (Wildman–Crippen MR) is 52.5 cm³/mol. The molecule has 0 saturated heterocycles. The van der Waals surface area contributed by atoms with Gasteiger partial charge in [0.1, 0.15) is 0 Å². The van der Waals surface area contributed by atoms with Gasteiger partial charge in [0, 0.05) is 5.92 Å². The van der Waals surface area contributed by atoms with Gasteiger partial charge in [0.2, 0.25) is 0 Å². The number of thiazole rings is 1. The predicted octanol–water partition coefficient (Wildman–Crippen LogP) is 3.22. The summed E-state index contributed by atoms with van der Waals surface area (Å²) in [6.45, 7) is 4.34. The lowest BCUT2D eigenvalue weighted by atomic mass is 10.2. The lowest BCUT2D eigenvalue weighted by Gasteiger charge is -1.94. The Balaban J connectivity index is 2.62. The highest BCUT2D eigenvalue weighted by Gasteiger charge is 2.05. The van der Waals surface area contributed by atoms with E-state index in [9.17, 15) is 0 Å². The van der Waals surface area contributed by atoms with Crippen molar-refractivity contribution in [1.82, 2.24) is 4.98 Å². The van der Waals surface area contributed by atoms with Crippen LogP contribution in [0.15, 0.2) is 18.2 Å². The smallest absolute Gasteiger partial charge is 0.0963 e. The molecular formula is C10H10NS. The van der Waals surface area contributed by atoms with E-state index in [-0.39, 0.29) is 0 Å². The quantitative estimate of drug-likeness (QED) is 0.650. The minimum atomic E-state index is 0.530. The SMILES string of the molecule is CC(C)c1nc2cc[c]cc2s1. The molecule has 1 aromatic heterocycles. The lowest BCUT2D eigenvalue weighted by Crippen LogP contribution is -1.82. The molecule has 0 aliphatic carbocycles. The summed E-state index contributed by atoms with van der Waals surface area (Å²) >= 11 is 1.76. The minimum absolute atomic E-state index is 0.530. The molecule has 1 aromatic carbocycles. The van der Waals surface area contributed by atoms with Crippen LogP contribution < -0.4 is 0 Å². The number of aromatic nitrogens is 1. The van der Waals surface area contributed by atoms with E-state index in [0.717, 1.165) is 5.52 Å². The van der Waals surface area contributed by atoms with Gasteiger partial charge in [-0.2, -0.15) is 0 Å². The second kappa shape index (κ2) is 2.87. The molecule has 61 valence electrons. The van der Waals surface area contributed by atoms with E-state index >= 15 is 0 Å². The fourth-order valence-electron chi connectivity index (χ4n) is 1.08. The molecule has 0 N–H and O–H groups in total. The van der Waals surface area contributed by atoms with Crippen LogP contribution in [-0.2, 0) is 0 Å². The number of nitrogens with zero attached hydrogens (tertiary/aromatic N) is 1. The van der Waals surface area contributed by atoms with Gasteiger partial charge in [-0.1, -0.05) is 19.9 Å². The topological polar surface area (TPSA) is 12.9 Å². The molecule has 0 fully saturated rings. The van der Waals surface area contributed by atoms with Gasteiger partial charge >= 0.3 is 0 Å². The Morgan fingerprint density at radius 3 is 3.00 bits per heavy atom. The molecule has 1 radical (unpaired) electrons. The van der Waals surface area contributed by atoms with Gasteiger partial charge < -0.3 is 0 Å². The monoisotopic (exact) mass is 176 g/mol. The van der Waals surface area contributed by atoms with Crippen LogP contribution in [0.2, 0.25) is 0 Å². The van der Waals surface area contributed by atoms with Crippen molar-refractivity contribution in [3.05, 3.63) is 29.3 Å². The Morgan fingerprint density at radius 2 is 2.33 bits per heavy atom. The molecule has 1 heterocycles. The lowest BCUT2D eigenvalue weighted by molar-refractivity contribution is 0.857. The van der Waals surface area contributed by atoms with Crippen molar-refractivity contribution in [2.24, 2.45) is 0 Å². The van der Waals surface area contributed by atoms with Crippen LogP contribution in [0, 0.1) is 6.07 Å². The third kappa shape index (κ3) is 1.23. The third-order valence-corrected chi connectivity index (χ3v) is 3.06. The molecule has 0 unspecified atom stereocenters. The largest absolute Gasteiger partial charge is 0.241 e. The summed E-state index contributed by atoms with van der Waals surface area (Å²) in [4.78, 5) is 4.51. The molecule has 0 amide bonds. The summed E-state index contributed by atoms with van der Waals surface area (Å²) < 4.78 is 1.24. The van der Waals surface area contributed by atoms with Crippen LogP contribution in [0.5, 0.6) is 0 Å². The Bertz CT molecular complexity index is 356. The van der Waals surface area contributed by atoms with Crippen molar-refractivity contribution in [3.8, 4) is 0 Å². The summed E-state index contributed by atoms with van der Waals surface area (Å²) in [7, 11) is 0. The molecule has 2 heteroatoms. The summed E-state index contributed by atoms with van der Waals surface area (Å²) in [5.41, 5.74) is 1.10. The van der Waals surface area contributed by atoms with E-state index in [2.05, 4.69) is 24.9 Å². The van der Waals surface area contributed by atoms with E-state index in [4.69, 9.17) is 0 Å². The second-order valence-corrected chi connectivity index (χ2v) is 4.16. The molecule has 0 aliphatic heterocycles. The Morgan fingerprint density at radius 1 is 1.50 bits per heavy atom. The molecule has 0 saturated carbocycles. The van der Waals surface area contributed by atoms with Crippen molar-refractivity contribution < 1.29 is 0 Å². The molecule has 0 aliphatic rings. The van der Waals surface area contributed by atoms with Crippen LogP contribution in [0.1, 0.15) is 24.8 Å². The normalized spacial score (nSPS) is 11.2. The van der Waals surface area contributed by atoms with Gasteiger partial charge in [-0.25, -0.2) is 4.98 Å². The zero-order valence-electron chi connectivity index (χ0n) is 7.16. The van der Waals surface area contributed by atoms with E-state index in [0.29, 0.717) is 5.92 Å². The summed E-state index contributed by atoms with van der Waals surface area (Å²) in [5.74, 6) is 0.530. The van der Waals surface area contributed by atoms with Crippen molar-refractivity contribution in [2.75, 3.05) is 0 Å². The van der Waals surface area contributed by atoms with Crippen LogP contribution in [-0.4, -0.2) is 4.98 Å². The second-order valence-electron chi connectivity index (χ2n) is 3.10. The van der Waals surface area contributed by atoms with Crippen molar-refractivity contribution in [1.29, 1.82) is 0 Å². The minimum Gasteiger partial charge on any atom is -0.241 e. The molecule has 0 bridgehead atoms. The summed E-state index contributed by atoms with van der Waals surface area (Å²) in [5, 5.41) is 1.21. The first-order valence-corrected chi connectivity index (χ1v) is 4.85. The fraction of sp³-hybridized carbons (Fsp3) is 0.300. The zero-order chi connectivity index (χ0) is 8.55. The van der Waals surface area contributed by atoms with Crippen molar-refractivity contribution in [3.63, 3.8) is 0 Å².